The SMILES string of the molecule is CS(=O)(=O)c1cccc(C(=O)N(CCCN2CCOCC2)c2nc3ccc(Cl)cc3s2)c1. The molecule has 1 aromatic heterocycles. The molecule has 32 heavy (non-hydrogen) atoms. The van der Waals surface area contributed by atoms with Gasteiger partial charge in [-0.1, -0.05) is 29.0 Å². The summed E-state index contributed by atoms with van der Waals surface area (Å²) >= 11 is 7.52. The summed E-state index contributed by atoms with van der Waals surface area (Å²) < 4.78 is 30.3. The molecule has 170 valence electrons. The van der Waals surface area contributed by atoms with Gasteiger partial charge in [-0.2, -0.15) is 0 Å². The van der Waals surface area contributed by atoms with Crippen molar-refractivity contribution in [1.82, 2.24) is 9.88 Å². The van der Waals surface area contributed by atoms with Gasteiger partial charge in [0.2, 0.25) is 0 Å². The number of aromatic nitrogens is 1. The van der Waals surface area contributed by atoms with Gasteiger partial charge >= 0.3 is 0 Å². The van der Waals surface area contributed by atoms with E-state index in [4.69, 9.17) is 16.3 Å². The first-order chi connectivity index (χ1) is 15.3. The lowest BCUT2D eigenvalue weighted by atomic mass is 10.2. The summed E-state index contributed by atoms with van der Waals surface area (Å²) in [5.74, 6) is -0.275. The lowest BCUT2D eigenvalue weighted by molar-refractivity contribution is 0.0376. The Kier molecular flexibility index (Phi) is 7.11. The minimum atomic E-state index is -3.42. The summed E-state index contributed by atoms with van der Waals surface area (Å²) in [4.78, 5) is 22.2. The Balaban J connectivity index is 1.62. The number of nitrogens with zero attached hydrogens (tertiary/aromatic N) is 3. The zero-order valence-electron chi connectivity index (χ0n) is 17.7. The number of benzene rings is 2. The summed E-state index contributed by atoms with van der Waals surface area (Å²) in [5, 5.41) is 1.18. The van der Waals surface area contributed by atoms with E-state index in [-0.39, 0.29) is 10.8 Å². The number of ether oxygens (including phenoxy) is 1. The Morgan fingerprint density at radius 1 is 1.22 bits per heavy atom. The zero-order chi connectivity index (χ0) is 22.7. The molecule has 10 heteroatoms. The van der Waals surface area contributed by atoms with Crippen LogP contribution in [0.5, 0.6) is 0 Å². The van der Waals surface area contributed by atoms with Crippen LogP contribution in [-0.4, -0.2) is 69.9 Å². The highest BCUT2D eigenvalue weighted by molar-refractivity contribution is 7.90. The number of halogens is 1. The highest BCUT2D eigenvalue weighted by Gasteiger charge is 2.23. The number of hydrogen-bond donors (Lipinski definition) is 0. The average molecular weight is 494 g/mol. The van der Waals surface area contributed by atoms with Crippen molar-refractivity contribution in [3.05, 3.63) is 53.1 Å². The quantitative estimate of drug-likeness (QED) is 0.499. The predicted molar refractivity (Wildman–Crippen MR) is 128 cm³/mol. The fourth-order valence-corrected chi connectivity index (χ4v) is 5.51. The second-order valence-electron chi connectivity index (χ2n) is 7.67. The fraction of sp³-hybridized carbons (Fsp3) is 0.364. The van der Waals surface area contributed by atoms with Crippen LogP contribution in [0.3, 0.4) is 0 Å². The van der Waals surface area contributed by atoms with E-state index in [1.165, 1.54) is 23.5 Å². The molecule has 7 nitrogen and oxygen atoms in total. The Hall–Kier alpha value is -2.04. The van der Waals surface area contributed by atoms with Crippen LogP contribution in [0, 0.1) is 0 Å². The monoisotopic (exact) mass is 493 g/mol. The van der Waals surface area contributed by atoms with Crippen molar-refractivity contribution in [2.45, 2.75) is 11.3 Å². The molecule has 3 aromatic rings. The molecule has 1 amide bonds. The first-order valence-corrected chi connectivity index (χ1v) is 13.4. The van der Waals surface area contributed by atoms with E-state index >= 15 is 0 Å². The maximum atomic E-state index is 13.5. The second-order valence-corrected chi connectivity index (χ2v) is 11.1. The number of anilines is 1. The number of carbonyl (C=O) groups excluding carboxylic acids is 1. The lowest BCUT2D eigenvalue weighted by Gasteiger charge is -2.27. The van der Waals surface area contributed by atoms with Crippen LogP contribution < -0.4 is 4.90 Å². The third kappa shape index (κ3) is 5.47. The molecule has 0 N–H and O–H groups in total. The molecule has 2 heterocycles. The Bertz CT molecular complexity index is 1220. The number of sulfone groups is 1. The third-order valence-corrected chi connectivity index (χ3v) is 7.67. The average Bonchev–Trinajstić information content (AvgIpc) is 3.19. The third-order valence-electron chi connectivity index (χ3n) is 5.28. The van der Waals surface area contributed by atoms with E-state index in [1.54, 1.807) is 23.1 Å². The highest BCUT2D eigenvalue weighted by atomic mass is 35.5. The highest BCUT2D eigenvalue weighted by Crippen LogP contribution is 2.32. The van der Waals surface area contributed by atoms with Gasteiger partial charge in [-0.15, -0.1) is 0 Å². The van der Waals surface area contributed by atoms with Crippen LogP contribution in [0.15, 0.2) is 47.4 Å². The predicted octanol–water partition coefficient (Wildman–Crippen LogP) is 3.72. The second kappa shape index (κ2) is 9.84. The van der Waals surface area contributed by atoms with Crippen molar-refractivity contribution in [2.75, 3.05) is 50.5 Å². The van der Waals surface area contributed by atoms with E-state index in [0.29, 0.717) is 22.3 Å². The van der Waals surface area contributed by atoms with Gasteiger partial charge in [0.05, 0.1) is 28.3 Å². The van der Waals surface area contributed by atoms with Gasteiger partial charge in [0, 0.05) is 43.0 Å². The topological polar surface area (TPSA) is 79.8 Å². The number of thiazole rings is 1. The van der Waals surface area contributed by atoms with Crippen molar-refractivity contribution in [3.8, 4) is 0 Å². The summed E-state index contributed by atoms with van der Waals surface area (Å²) in [6.45, 7) is 4.51. The van der Waals surface area contributed by atoms with Gasteiger partial charge in [-0.25, -0.2) is 13.4 Å². The molecule has 1 aliphatic rings. The minimum Gasteiger partial charge on any atom is -0.379 e. The first-order valence-electron chi connectivity index (χ1n) is 10.3. The molecule has 1 aliphatic heterocycles. The van der Waals surface area contributed by atoms with Crippen LogP contribution in [0.1, 0.15) is 16.8 Å². The van der Waals surface area contributed by atoms with Gasteiger partial charge in [0.25, 0.3) is 5.91 Å². The molecule has 1 saturated heterocycles. The number of carbonyl (C=O) groups is 1. The Morgan fingerprint density at radius 2 is 2.00 bits per heavy atom. The molecule has 4 rings (SSSR count). The van der Waals surface area contributed by atoms with E-state index in [9.17, 15) is 13.2 Å². The van der Waals surface area contributed by atoms with Crippen molar-refractivity contribution < 1.29 is 17.9 Å². The molecule has 0 spiro atoms. The number of amides is 1. The molecule has 2 aromatic carbocycles. The molecular formula is C22H24ClN3O4S2. The van der Waals surface area contributed by atoms with Crippen molar-refractivity contribution >= 4 is 54.0 Å². The maximum Gasteiger partial charge on any atom is 0.260 e. The van der Waals surface area contributed by atoms with Gasteiger partial charge in [0.15, 0.2) is 15.0 Å². The zero-order valence-corrected chi connectivity index (χ0v) is 20.0. The van der Waals surface area contributed by atoms with Crippen molar-refractivity contribution in [3.63, 3.8) is 0 Å². The molecule has 0 saturated carbocycles. The number of morpholine rings is 1. The molecule has 1 fully saturated rings. The minimum absolute atomic E-state index is 0.118. The molecule has 0 atom stereocenters. The molecule has 0 unspecified atom stereocenters. The van der Waals surface area contributed by atoms with E-state index in [0.717, 1.165) is 55.7 Å². The normalized spacial score (nSPS) is 15.2. The van der Waals surface area contributed by atoms with Crippen LogP contribution in [-0.2, 0) is 14.6 Å². The van der Waals surface area contributed by atoms with E-state index in [1.807, 2.05) is 12.1 Å². The number of hydrogen-bond acceptors (Lipinski definition) is 7. The van der Waals surface area contributed by atoms with Gasteiger partial charge in [0.1, 0.15) is 0 Å². The smallest absolute Gasteiger partial charge is 0.260 e. The van der Waals surface area contributed by atoms with Crippen LogP contribution in [0.4, 0.5) is 5.13 Å². The molecule has 0 aliphatic carbocycles. The summed E-state index contributed by atoms with van der Waals surface area (Å²) in [7, 11) is -3.42. The number of rotatable bonds is 7. The summed E-state index contributed by atoms with van der Waals surface area (Å²) in [6.07, 6.45) is 1.89. The van der Waals surface area contributed by atoms with Gasteiger partial charge in [-0.3, -0.25) is 14.6 Å². The standard InChI is InChI=1S/C22H24ClN3O4S2/c1-32(28,29)18-5-2-4-16(14-18)21(27)26(9-3-8-25-10-12-30-13-11-25)22-24-19-7-6-17(23)15-20(19)31-22/h2,4-7,14-15H,3,8-13H2,1H3. The molecular weight excluding hydrogens is 470 g/mol. The molecule has 0 radical (unpaired) electrons. The van der Waals surface area contributed by atoms with Crippen LogP contribution >= 0.6 is 22.9 Å². The van der Waals surface area contributed by atoms with Crippen molar-refractivity contribution in [1.29, 1.82) is 0 Å². The largest absolute Gasteiger partial charge is 0.379 e. The maximum absolute atomic E-state index is 13.5. The van der Waals surface area contributed by atoms with E-state index < -0.39 is 9.84 Å². The summed E-state index contributed by atoms with van der Waals surface area (Å²) in [6, 6.07) is 11.6. The molecule has 0 bridgehead atoms. The van der Waals surface area contributed by atoms with Crippen molar-refractivity contribution in [2.24, 2.45) is 0 Å². The van der Waals surface area contributed by atoms with Crippen LogP contribution in [0.25, 0.3) is 10.2 Å². The number of fused-ring (bicyclic) bond motifs is 1. The summed E-state index contributed by atoms with van der Waals surface area (Å²) in [5.41, 5.74) is 1.09. The fourth-order valence-electron chi connectivity index (χ4n) is 3.58. The van der Waals surface area contributed by atoms with Crippen LogP contribution in [0.2, 0.25) is 5.02 Å². The Labute approximate surface area is 196 Å². The lowest BCUT2D eigenvalue weighted by Crippen LogP contribution is -2.39. The Morgan fingerprint density at radius 3 is 2.75 bits per heavy atom. The van der Waals surface area contributed by atoms with E-state index in [2.05, 4.69) is 9.88 Å². The first kappa shape index (κ1) is 23.1. The van der Waals surface area contributed by atoms with Gasteiger partial charge < -0.3 is 4.74 Å². The van der Waals surface area contributed by atoms with Gasteiger partial charge in [-0.05, 0) is 42.8 Å².